The minimum Gasteiger partial charge on any atom is -0.379 e. The van der Waals surface area contributed by atoms with Crippen LogP contribution in [0.1, 0.15) is 51.3 Å². The van der Waals surface area contributed by atoms with E-state index in [1.54, 1.807) is 6.20 Å². The summed E-state index contributed by atoms with van der Waals surface area (Å²) in [5.74, 6) is 0.0627. The zero-order valence-corrected chi connectivity index (χ0v) is 22.0. The van der Waals surface area contributed by atoms with Gasteiger partial charge in [-0.15, -0.1) is 0 Å². The number of carbonyl (C=O) groups excluding carboxylic acids is 2. The van der Waals surface area contributed by atoms with Crippen LogP contribution in [0.4, 0.5) is 0 Å². The van der Waals surface area contributed by atoms with Gasteiger partial charge in [0.1, 0.15) is 6.29 Å². The Morgan fingerprint density at radius 2 is 1.86 bits per heavy atom. The second-order valence-electron chi connectivity index (χ2n) is 9.37. The van der Waals surface area contributed by atoms with Crippen molar-refractivity contribution in [3.63, 3.8) is 0 Å². The molecule has 0 bridgehead atoms. The summed E-state index contributed by atoms with van der Waals surface area (Å²) in [5, 5.41) is 1.38. The van der Waals surface area contributed by atoms with Gasteiger partial charge in [0.15, 0.2) is 0 Å². The lowest BCUT2D eigenvalue weighted by atomic mass is 9.75. The van der Waals surface area contributed by atoms with E-state index in [9.17, 15) is 9.59 Å². The highest BCUT2D eigenvalue weighted by molar-refractivity contribution is 6.30. The van der Waals surface area contributed by atoms with Crippen LogP contribution in [0, 0.1) is 5.41 Å². The van der Waals surface area contributed by atoms with Gasteiger partial charge in [0.2, 0.25) is 5.91 Å². The molecule has 190 valence electrons. The Morgan fingerprint density at radius 1 is 1.14 bits per heavy atom. The van der Waals surface area contributed by atoms with E-state index >= 15 is 0 Å². The number of halogens is 2. The minimum absolute atomic E-state index is 0.0627. The largest absolute Gasteiger partial charge is 0.379 e. The highest BCUT2D eigenvalue weighted by Gasteiger charge is 2.46. The molecule has 3 heterocycles. The van der Waals surface area contributed by atoms with Crippen molar-refractivity contribution in [1.29, 1.82) is 0 Å². The topological polar surface area (TPSA) is 62.7 Å². The van der Waals surface area contributed by atoms with Crippen LogP contribution in [-0.4, -0.2) is 65.9 Å². The summed E-state index contributed by atoms with van der Waals surface area (Å²) in [6, 6.07) is 13.2. The molecule has 2 aliphatic rings. The number of piperidine rings is 1. The molecule has 3 atom stereocenters. The fraction of sp³-hybridized carbons (Fsp3) is 0.519. The molecular formula is C27H35Cl2N3O3. The number of morpholine rings is 1. The Balaban J connectivity index is 0.000000420. The van der Waals surface area contributed by atoms with Gasteiger partial charge in [-0.3, -0.25) is 14.7 Å². The number of ether oxygens (including phenoxy) is 1. The van der Waals surface area contributed by atoms with Crippen molar-refractivity contribution in [2.75, 3.05) is 32.8 Å². The van der Waals surface area contributed by atoms with Gasteiger partial charge < -0.3 is 14.4 Å². The number of aromatic nitrogens is 1. The predicted octanol–water partition coefficient (Wildman–Crippen LogP) is 5.44. The minimum atomic E-state index is -0.636. The van der Waals surface area contributed by atoms with Crippen molar-refractivity contribution < 1.29 is 14.3 Å². The van der Waals surface area contributed by atoms with Crippen molar-refractivity contribution in [3.05, 3.63) is 64.4 Å². The van der Waals surface area contributed by atoms with Gasteiger partial charge in [-0.2, -0.15) is 0 Å². The summed E-state index contributed by atoms with van der Waals surface area (Å²) >= 11 is 11.6. The van der Waals surface area contributed by atoms with Crippen LogP contribution >= 0.6 is 23.2 Å². The first-order valence-corrected chi connectivity index (χ1v) is 13.0. The third-order valence-electron chi connectivity index (χ3n) is 6.85. The van der Waals surface area contributed by atoms with E-state index in [1.165, 1.54) is 0 Å². The molecule has 0 saturated carbocycles. The van der Waals surface area contributed by atoms with Gasteiger partial charge in [0.05, 0.1) is 35.4 Å². The zero-order valence-electron chi connectivity index (χ0n) is 20.5. The number of aldehydes is 1. The number of hydrogen-bond acceptors (Lipinski definition) is 5. The molecule has 2 aliphatic heterocycles. The Bertz CT molecular complexity index is 938. The lowest BCUT2D eigenvalue weighted by Crippen LogP contribution is -2.56. The normalized spacial score (nSPS) is 23.8. The molecule has 1 amide bonds. The van der Waals surface area contributed by atoms with E-state index in [-0.39, 0.29) is 24.4 Å². The number of nitrogens with zero attached hydrogens (tertiary/aromatic N) is 3. The molecule has 0 radical (unpaired) electrons. The second kappa shape index (κ2) is 13.4. The Hall–Kier alpha value is -1.99. The van der Waals surface area contributed by atoms with Crippen molar-refractivity contribution in [2.45, 2.75) is 51.6 Å². The number of amides is 1. The Kier molecular flexibility index (Phi) is 10.5. The highest BCUT2D eigenvalue weighted by atomic mass is 35.5. The average Bonchev–Trinajstić information content (AvgIpc) is 2.87. The van der Waals surface area contributed by atoms with Crippen LogP contribution in [0.3, 0.4) is 0 Å². The van der Waals surface area contributed by atoms with Gasteiger partial charge in [-0.05, 0) is 43.5 Å². The van der Waals surface area contributed by atoms with Crippen LogP contribution in [-0.2, 0) is 14.3 Å². The first-order chi connectivity index (χ1) is 16.9. The third kappa shape index (κ3) is 7.50. The summed E-state index contributed by atoms with van der Waals surface area (Å²) in [5.41, 5.74) is 0.231. The fourth-order valence-corrected chi connectivity index (χ4v) is 4.99. The molecule has 2 aromatic rings. The van der Waals surface area contributed by atoms with E-state index in [0.29, 0.717) is 11.4 Å². The summed E-state index contributed by atoms with van der Waals surface area (Å²) < 4.78 is 5.46. The van der Waals surface area contributed by atoms with Gasteiger partial charge in [-0.1, -0.05) is 55.2 Å². The number of pyridine rings is 1. The van der Waals surface area contributed by atoms with Crippen molar-refractivity contribution in [3.8, 4) is 0 Å². The monoisotopic (exact) mass is 519 g/mol. The van der Waals surface area contributed by atoms with E-state index in [0.717, 1.165) is 62.7 Å². The van der Waals surface area contributed by atoms with Gasteiger partial charge in [0.25, 0.3) is 0 Å². The van der Waals surface area contributed by atoms with Gasteiger partial charge in [-0.25, -0.2) is 0 Å². The van der Waals surface area contributed by atoms with Gasteiger partial charge >= 0.3 is 0 Å². The molecule has 0 N–H and O–H groups in total. The Labute approximate surface area is 218 Å². The molecule has 1 aromatic carbocycles. The zero-order chi connectivity index (χ0) is 25.3. The number of carbonyl (C=O) groups is 2. The summed E-state index contributed by atoms with van der Waals surface area (Å²) in [4.78, 5) is 33.7. The molecule has 2 fully saturated rings. The van der Waals surface area contributed by atoms with E-state index in [2.05, 4.69) is 16.8 Å². The van der Waals surface area contributed by atoms with Crippen LogP contribution in [0.15, 0.2) is 48.7 Å². The average molecular weight is 521 g/mol. The third-order valence-corrected chi connectivity index (χ3v) is 7.33. The summed E-state index contributed by atoms with van der Waals surface area (Å²) in [6.45, 7) is 8.08. The Morgan fingerprint density at radius 3 is 2.40 bits per heavy atom. The van der Waals surface area contributed by atoms with Crippen molar-refractivity contribution in [2.24, 2.45) is 5.41 Å². The maximum Gasteiger partial charge on any atom is 0.229 e. The molecule has 8 heteroatoms. The van der Waals surface area contributed by atoms with E-state index < -0.39 is 5.41 Å². The van der Waals surface area contributed by atoms with Gasteiger partial charge in [0, 0.05) is 43.3 Å². The molecule has 0 aliphatic carbocycles. The number of hydrogen-bond donors (Lipinski definition) is 0. The molecule has 0 spiro atoms. The lowest BCUT2D eigenvalue weighted by Gasteiger charge is -2.48. The molecule has 1 aromatic heterocycles. The SMILES string of the molecule is CCC(CN1CCOCC1)N1C(=O)[C@@](C)(CC=O)CCC1c1ccc(Cl)cn1.Clc1ccccc1. The number of benzene rings is 1. The van der Waals surface area contributed by atoms with Crippen LogP contribution in [0.25, 0.3) is 0 Å². The quantitative estimate of drug-likeness (QED) is 0.455. The lowest BCUT2D eigenvalue weighted by molar-refractivity contribution is -0.155. The number of likely N-dealkylation sites (tertiary alicyclic amines) is 1. The number of rotatable bonds is 7. The molecule has 35 heavy (non-hydrogen) atoms. The molecule has 2 unspecified atom stereocenters. The predicted molar refractivity (Wildman–Crippen MR) is 140 cm³/mol. The molecule has 6 nitrogen and oxygen atoms in total. The maximum absolute atomic E-state index is 13.6. The van der Waals surface area contributed by atoms with Crippen LogP contribution < -0.4 is 0 Å². The van der Waals surface area contributed by atoms with Crippen LogP contribution in [0.5, 0.6) is 0 Å². The molecule has 4 rings (SSSR count). The van der Waals surface area contributed by atoms with Crippen LogP contribution in [0.2, 0.25) is 10.0 Å². The van der Waals surface area contributed by atoms with Crippen molar-refractivity contribution in [1.82, 2.24) is 14.8 Å². The second-order valence-corrected chi connectivity index (χ2v) is 10.2. The first kappa shape index (κ1) is 27.6. The standard InChI is InChI=1S/C21H30ClN3O3.C6H5Cl/c1-3-17(15-24-9-12-28-13-10-24)25-19(18-5-4-16(22)14-23-18)6-7-21(2,8-11-26)20(25)27;7-6-4-2-1-3-5-6/h4-5,11,14,17,19H,3,6-10,12-13,15H2,1-2H3;1-5H/t17?,19?,21-;/m1./s1. The maximum atomic E-state index is 13.6. The molecule has 2 saturated heterocycles. The van der Waals surface area contributed by atoms with E-state index in [4.69, 9.17) is 27.9 Å². The molecular weight excluding hydrogens is 485 g/mol. The summed E-state index contributed by atoms with van der Waals surface area (Å²) in [7, 11) is 0. The highest BCUT2D eigenvalue weighted by Crippen LogP contribution is 2.43. The smallest absolute Gasteiger partial charge is 0.229 e. The first-order valence-electron chi connectivity index (χ1n) is 12.3. The summed E-state index contributed by atoms with van der Waals surface area (Å²) in [6.07, 6.45) is 5.11. The van der Waals surface area contributed by atoms with Crippen molar-refractivity contribution >= 4 is 35.4 Å². The van der Waals surface area contributed by atoms with E-state index in [1.807, 2.05) is 54.3 Å². The fourth-order valence-electron chi connectivity index (χ4n) is 4.73.